The van der Waals surface area contributed by atoms with Gasteiger partial charge in [-0.2, -0.15) is 0 Å². The van der Waals surface area contributed by atoms with Crippen molar-refractivity contribution in [1.82, 2.24) is 0 Å². The summed E-state index contributed by atoms with van der Waals surface area (Å²) in [6.45, 7) is 0.165. The van der Waals surface area contributed by atoms with Gasteiger partial charge in [0.1, 0.15) is 0 Å². The van der Waals surface area contributed by atoms with Crippen LogP contribution in [-0.4, -0.2) is 18.8 Å². The molecule has 0 heterocycles. The molecule has 0 aliphatic heterocycles. The van der Waals surface area contributed by atoms with Gasteiger partial charge in [-0.05, 0) is 24.1 Å². The average Bonchev–Trinajstić information content (AvgIpc) is 2.08. The van der Waals surface area contributed by atoms with Crippen LogP contribution in [0.15, 0.2) is 18.2 Å². The van der Waals surface area contributed by atoms with Gasteiger partial charge in [-0.15, -0.1) is 0 Å². The molecule has 3 nitrogen and oxygen atoms in total. The number of rotatable bonds is 3. The highest BCUT2D eigenvalue weighted by Crippen LogP contribution is 2.18. The van der Waals surface area contributed by atoms with Gasteiger partial charge in [-0.3, -0.25) is 0 Å². The molecule has 12 heavy (non-hydrogen) atoms. The van der Waals surface area contributed by atoms with Gasteiger partial charge in [-0.1, -0.05) is 6.07 Å². The third-order valence-electron chi connectivity index (χ3n) is 1.78. The molecular weight excluding hydrogens is 152 g/mol. The molecule has 0 fully saturated rings. The number of aliphatic hydroxyl groups is 1. The Hall–Kier alpha value is -1.22. The molecule has 0 saturated carbocycles. The molecule has 0 saturated heterocycles. The van der Waals surface area contributed by atoms with Crippen LogP contribution in [-0.2, 0) is 6.42 Å². The van der Waals surface area contributed by atoms with Crippen LogP contribution in [0.25, 0.3) is 0 Å². The quantitative estimate of drug-likeness (QED) is 0.583. The molecule has 0 radical (unpaired) electrons. The fourth-order valence-electron chi connectivity index (χ4n) is 1.17. The smallest absolute Gasteiger partial charge is 0.0472 e. The summed E-state index contributed by atoms with van der Waals surface area (Å²) < 4.78 is 0. The van der Waals surface area contributed by atoms with Crippen molar-refractivity contribution in [1.29, 1.82) is 0 Å². The molecule has 0 bridgehead atoms. The molecule has 0 atom stereocenters. The largest absolute Gasteiger partial charge is 0.399 e. The van der Waals surface area contributed by atoms with E-state index in [1.807, 2.05) is 25.2 Å². The summed E-state index contributed by atoms with van der Waals surface area (Å²) in [5.41, 5.74) is 8.42. The predicted molar refractivity (Wildman–Crippen MR) is 51.2 cm³/mol. The Morgan fingerprint density at radius 2 is 2.25 bits per heavy atom. The Morgan fingerprint density at radius 1 is 1.50 bits per heavy atom. The molecule has 4 N–H and O–H groups in total. The maximum absolute atomic E-state index is 8.75. The van der Waals surface area contributed by atoms with Crippen molar-refractivity contribution >= 4 is 11.4 Å². The van der Waals surface area contributed by atoms with Gasteiger partial charge < -0.3 is 16.2 Å². The Labute approximate surface area is 72.2 Å². The highest BCUT2D eigenvalue weighted by molar-refractivity contribution is 5.59. The summed E-state index contributed by atoms with van der Waals surface area (Å²) in [5, 5.41) is 11.8. The summed E-state index contributed by atoms with van der Waals surface area (Å²) in [7, 11) is 1.84. The fourth-order valence-corrected chi connectivity index (χ4v) is 1.17. The van der Waals surface area contributed by atoms with Gasteiger partial charge in [0.05, 0.1) is 0 Å². The summed E-state index contributed by atoms with van der Waals surface area (Å²) in [5.74, 6) is 0. The van der Waals surface area contributed by atoms with Crippen molar-refractivity contribution in [2.24, 2.45) is 0 Å². The number of hydrogen-bond donors (Lipinski definition) is 3. The maximum Gasteiger partial charge on any atom is 0.0472 e. The first-order chi connectivity index (χ1) is 5.77. The maximum atomic E-state index is 8.75. The van der Waals surface area contributed by atoms with E-state index in [4.69, 9.17) is 10.8 Å². The van der Waals surface area contributed by atoms with Crippen LogP contribution in [0.2, 0.25) is 0 Å². The van der Waals surface area contributed by atoms with Crippen molar-refractivity contribution in [2.45, 2.75) is 6.42 Å². The van der Waals surface area contributed by atoms with Crippen LogP contribution in [0.3, 0.4) is 0 Å². The van der Waals surface area contributed by atoms with Gasteiger partial charge in [0.2, 0.25) is 0 Å². The first-order valence-corrected chi connectivity index (χ1v) is 3.95. The van der Waals surface area contributed by atoms with Crippen LogP contribution in [0.4, 0.5) is 11.4 Å². The second-order valence-corrected chi connectivity index (χ2v) is 2.64. The summed E-state index contributed by atoms with van der Waals surface area (Å²) >= 11 is 0. The molecule has 0 aromatic heterocycles. The summed E-state index contributed by atoms with van der Waals surface area (Å²) in [6.07, 6.45) is 0.663. The highest BCUT2D eigenvalue weighted by atomic mass is 16.2. The van der Waals surface area contributed by atoms with E-state index >= 15 is 0 Å². The van der Waals surface area contributed by atoms with Crippen LogP contribution in [0.5, 0.6) is 0 Å². The van der Waals surface area contributed by atoms with Crippen molar-refractivity contribution in [2.75, 3.05) is 24.7 Å². The van der Waals surface area contributed by atoms with Crippen molar-refractivity contribution < 1.29 is 5.11 Å². The average molecular weight is 166 g/mol. The molecular formula is C9H14N2O. The lowest BCUT2D eigenvalue weighted by atomic mass is 10.1. The molecule has 0 amide bonds. The Bertz CT molecular complexity index is 261. The van der Waals surface area contributed by atoms with E-state index in [1.54, 1.807) is 0 Å². The SMILES string of the molecule is CNc1cc(N)ccc1CCO. The third-order valence-corrected chi connectivity index (χ3v) is 1.78. The minimum atomic E-state index is 0.165. The lowest BCUT2D eigenvalue weighted by Crippen LogP contribution is -1.99. The Balaban J connectivity index is 2.94. The zero-order valence-corrected chi connectivity index (χ0v) is 7.17. The lowest BCUT2D eigenvalue weighted by Gasteiger charge is -2.08. The minimum Gasteiger partial charge on any atom is -0.399 e. The predicted octanol–water partition coefficient (Wildman–Crippen LogP) is 0.845. The molecule has 3 heteroatoms. The Kier molecular flexibility index (Phi) is 2.94. The number of hydrogen-bond acceptors (Lipinski definition) is 3. The monoisotopic (exact) mass is 166 g/mol. The van der Waals surface area contributed by atoms with Gasteiger partial charge in [0, 0.05) is 25.0 Å². The van der Waals surface area contributed by atoms with Crippen molar-refractivity contribution in [3.63, 3.8) is 0 Å². The first-order valence-electron chi connectivity index (χ1n) is 3.95. The number of benzene rings is 1. The topological polar surface area (TPSA) is 58.3 Å². The second-order valence-electron chi connectivity index (χ2n) is 2.64. The molecule has 0 aliphatic rings. The van der Waals surface area contributed by atoms with Gasteiger partial charge in [-0.25, -0.2) is 0 Å². The number of nitrogens with one attached hydrogen (secondary N) is 1. The van der Waals surface area contributed by atoms with E-state index in [-0.39, 0.29) is 6.61 Å². The molecule has 1 rings (SSSR count). The van der Waals surface area contributed by atoms with Crippen molar-refractivity contribution in [3.05, 3.63) is 23.8 Å². The van der Waals surface area contributed by atoms with Crippen LogP contribution in [0, 0.1) is 0 Å². The van der Waals surface area contributed by atoms with Gasteiger partial charge in [0.25, 0.3) is 0 Å². The third kappa shape index (κ3) is 1.89. The fraction of sp³-hybridized carbons (Fsp3) is 0.333. The zero-order valence-electron chi connectivity index (χ0n) is 7.17. The van der Waals surface area contributed by atoms with E-state index in [9.17, 15) is 0 Å². The molecule has 66 valence electrons. The normalized spacial score (nSPS) is 9.83. The lowest BCUT2D eigenvalue weighted by molar-refractivity contribution is 0.300. The van der Waals surface area contributed by atoms with Crippen LogP contribution < -0.4 is 11.1 Å². The zero-order chi connectivity index (χ0) is 8.97. The molecule has 1 aromatic carbocycles. The Morgan fingerprint density at radius 3 is 2.83 bits per heavy atom. The van der Waals surface area contributed by atoms with Crippen molar-refractivity contribution in [3.8, 4) is 0 Å². The van der Waals surface area contributed by atoms with E-state index < -0.39 is 0 Å². The first kappa shape index (κ1) is 8.87. The van der Waals surface area contributed by atoms with Gasteiger partial charge in [0.15, 0.2) is 0 Å². The number of anilines is 2. The second kappa shape index (κ2) is 3.97. The molecule has 1 aromatic rings. The van der Waals surface area contributed by atoms with Crippen LogP contribution in [0.1, 0.15) is 5.56 Å². The van der Waals surface area contributed by atoms with E-state index in [2.05, 4.69) is 5.32 Å². The minimum absolute atomic E-state index is 0.165. The molecule has 0 spiro atoms. The number of aliphatic hydroxyl groups excluding tert-OH is 1. The number of nitrogens with two attached hydrogens (primary N) is 1. The molecule has 0 aliphatic carbocycles. The molecule has 0 unspecified atom stereocenters. The highest BCUT2D eigenvalue weighted by Gasteiger charge is 1.99. The van der Waals surface area contributed by atoms with E-state index in [0.29, 0.717) is 6.42 Å². The van der Waals surface area contributed by atoms with Crippen LogP contribution >= 0.6 is 0 Å². The van der Waals surface area contributed by atoms with E-state index in [1.165, 1.54) is 0 Å². The van der Waals surface area contributed by atoms with E-state index in [0.717, 1.165) is 16.9 Å². The summed E-state index contributed by atoms with van der Waals surface area (Å²) in [4.78, 5) is 0. The summed E-state index contributed by atoms with van der Waals surface area (Å²) in [6, 6.07) is 5.63. The number of nitrogen functional groups attached to an aromatic ring is 1. The van der Waals surface area contributed by atoms with Gasteiger partial charge >= 0.3 is 0 Å². The standard InChI is InChI=1S/C9H14N2O/c1-11-9-6-8(10)3-2-7(9)4-5-12/h2-3,6,11-12H,4-5,10H2,1H3.